The Morgan fingerprint density at radius 3 is 2.26 bits per heavy atom. The number of amides is 2. The van der Waals surface area contributed by atoms with E-state index in [9.17, 15) is 9.59 Å². The number of anilines is 1. The lowest BCUT2D eigenvalue weighted by Gasteiger charge is -2.11. The van der Waals surface area contributed by atoms with Gasteiger partial charge in [-0.15, -0.1) is 0 Å². The van der Waals surface area contributed by atoms with Gasteiger partial charge in [0.25, 0.3) is 5.91 Å². The number of benzene rings is 2. The van der Waals surface area contributed by atoms with Crippen LogP contribution in [-0.4, -0.2) is 39.2 Å². The van der Waals surface area contributed by atoms with Crippen molar-refractivity contribution in [3.05, 3.63) is 48.0 Å². The minimum Gasteiger partial charge on any atom is -0.497 e. The highest BCUT2D eigenvalue weighted by atomic mass is 16.5. The summed E-state index contributed by atoms with van der Waals surface area (Å²) in [5.41, 5.74) is 1.40. The minimum absolute atomic E-state index is 0.0448. The van der Waals surface area contributed by atoms with Gasteiger partial charge in [0.1, 0.15) is 17.2 Å². The first-order valence-electron chi connectivity index (χ1n) is 8.56. The van der Waals surface area contributed by atoms with Crippen LogP contribution in [-0.2, 0) is 16.0 Å². The Hall–Kier alpha value is -3.22. The SMILES string of the molecule is CCNC(=O)COc1ccc(NC(=O)Cc2ccc(OC)cc2OC)cc1. The molecule has 7 nitrogen and oxygen atoms in total. The van der Waals surface area contributed by atoms with E-state index in [0.29, 0.717) is 29.5 Å². The molecule has 2 amide bonds. The van der Waals surface area contributed by atoms with Gasteiger partial charge in [-0.3, -0.25) is 9.59 Å². The van der Waals surface area contributed by atoms with Crippen molar-refractivity contribution in [3.63, 3.8) is 0 Å². The minimum atomic E-state index is -0.177. The molecule has 2 rings (SSSR count). The molecule has 0 fully saturated rings. The molecule has 0 saturated heterocycles. The van der Waals surface area contributed by atoms with E-state index >= 15 is 0 Å². The third kappa shape index (κ3) is 6.22. The van der Waals surface area contributed by atoms with Gasteiger partial charge in [0.15, 0.2) is 6.61 Å². The lowest BCUT2D eigenvalue weighted by molar-refractivity contribution is -0.123. The smallest absolute Gasteiger partial charge is 0.257 e. The first-order valence-corrected chi connectivity index (χ1v) is 8.56. The topological polar surface area (TPSA) is 85.9 Å². The number of rotatable bonds is 9. The lowest BCUT2D eigenvalue weighted by atomic mass is 10.1. The second kappa shape index (κ2) is 10.1. The number of methoxy groups -OCH3 is 2. The highest BCUT2D eigenvalue weighted by molar-refractivity contribution is 5.92. The van der Waals surface area contributed by atoms with E-state index < -0.39 is 0 Å². The second-order valence-electron chi connectivity index (χ2n) is 5.67. The Bertz CT molecular complexity index is 774. The molecule has 0 aromatic heterocycles. The maximum atomic E-state index is 12.3. The van der Waals surface area contributed by atoms with Crippen LogP contribution in [0.25, 0.3) is 0 Å². The molecule has 0 radical (unpaired) electrons. The standard InChI is InChI=1S/C20H24N2O5/c1-4-21-20(24)13-27-16-9-6-15(7-10-16)22-19(23)11-14-5-8-17(25-2)12-18(14)26-3/h5-10,12H,4,11,13H2,1-3H3,(H,21,24)(H,22,23). The summed E-state index contributed by atoms with van der Waals surface area (Å²) in [4.78, 5) is 23.7. The van der Waals surface area contributed by atoms with Crippen molar-refractivity contribution in [2.24, 2.45) is 0 Å². The first-order chi connectivity index (χ1) is 13.0. The number of carbonyl (C=O) groups is 2. The van der Waals surface area contributed by atoms with E-state index in [2.05, 4.69) is 10.6 Å². The molecule has 2 aromatic rings. The van der Waals surface area contributed by atoms with Crippen LogP contribution in [0.5, 0.6) is 17.2 Å². The van der Waals surface area contributed by atoms with Crippen molar-refractivity contribution in [3.8, 4) is 17.2 Å². The number of likely N-dealkylation sites (N-methyl/N-ethyl adjacent to an activating group) is 1. The highest BCUT2D eigenvalue weighted by Crippen LogP contribution is 2.25. The summed E-state index contributed by atoms with van der Waals surface area (Å²) < 4.78 is 15.8. The van der Waals surface area contributed by atoms with Crippen LogP contribution in [0.1, 0.15) is 12.5 Å². The Kier molecular flexibility index (Phi) is 7.49. The molecular formula is C20H24N2O5. The molecule has 0 bridgehead atoms. The average molecular weight is 372 g/mol. The molecule has 2 aromatic carbocycles. The summed E-state index contributed by atoms with van der Waals surface area (Å²) in [5, 5.41) is 5.48. The van der Waals surface area contributed by atoms with Gasteiger partial charge in [0, 0.05) is 23.9 Å². The van der Waals surface area contributed by atoms with Gasteiger partial charge in [0.2, 0.25) is 5.91 Å². The highest BCUT2D eigenvalue weighted by Gasteiger charge is 2.10. The van der Waals surface area contributed by atoms with Gasteiger partial charge in [-0.05, 0) is 37.3 Å². The fraction of sp³-hybridized carbons (Fsp3) is 0.300. The van der Waals surface area contributed by atoms with E-state index in [1.54, 1.807) is 56.7 Å². The van der Waals surface area contributed by atoms with Crippen molar-refractivity contribution in [1.82, 2.24) is 5.32 Å². The zero-order valence-corrected chi connectivity index (χ0v) is 15.7. The zero-order chi connectivity index (χ0) is 19.6. The zero-order valence-electron chi connectivity index (χ0n) is 15.7. The molecule has 7 heteroatoms. The van der Waals surface area contributed by atoms with Crippen molar-refractivity contribution in [1.29, 1.82) is 0 Å². The summed E-state index contributed by atoms with van der Waals surface area (Å²) in [7, 11) is 3.13. The van der Waals surface area contributed by atoms with Crippen LogP contribution in [0, 0.1) is 0 Å². The molecule has 0 aliphatic rings. The van der Waals surface area contributed by atoms with Crippen LogP contribution < -0.4 is 24.8 Å². The van der Waals surface area contributed by atoms with Gasteiger partial charge in [0.05, 0.1) is 20.6 Å². The van der Waals surface area contributed by atoms with E-state index in [1.807, 2.05) is 6.92 Å². The van der Waals surface area contributed by atoms with Gasteiger partial charge >= 0.3 is 0 Å². The predicted octanol–water partition coefficient (Wildman–Crippen LogP) is 2.40. The Balaban J connectivity index is 1.91. The van der Waals surface area contributed by atoms with Crippen molar-refractivity contribution < 1.29 is 23.8 Å². The average Bonchev–Trinajstić information content (AvgIpc) is 2.68. The van der Waals surface area contributed by atoms with Gasteiger partial charge in [-0.2, -0.15) is 0 Å². The van der Waals surface area contributed by atoms with Crippen LogP contribution in [0.3, 0.4) is 0 Å². The third-order valence-corrected chi connectivity index (χ3v) is 3.73. The summed E-state index contributed by atoms with van der Waals surface area (Å²) >= 11 is 0. The fourth-order valence-corrected chi connectivity index (χ4v) is 2.41. The largest absolute Gasteiger partial charge is 0.497 e. The molecule has 0 spiro atoms. The summed E-state index contributed by atoms with van der Waals surface area (Å²) in [6.45, 7) is 2.36. The quantitative estimate of drug-likeness (QED) is 0.706. The molecule has 0 aliphatic heterocycles. The maximum Gasteiger partial charge on any atom is 0.257 e. The number of hydrogen-bond acceptors (Lipinski definition) is 5. The van der Waals surface area contributed by atoms with Crippen LogP contribution in [0.4, 0.5) is 5.69 Å². The molecule has 0 saturated carbocycles. The van der Waals surface area contributed by atoms with Crippen molar-refractivity contribution in [2.45, 2.75) is 13.3 Å². The molecule has 0 atom stereocenters. The fourth-order valence-electron chi connectivity index (χ4n) is 2.41. The molecule has 0 aliphatic carbocycles. The third-order valence-electron chi connectivity index (χ3n) is 3.73. The van der Waals surface area contributed by atoms with Crippen molar-refractivity contribution >= 4 is 17.5 Å². The molecule has 0 heterocycles. The van der Waals surface area contributed by atoms with Crippen molar-refractivity contribution in [2.75, 3.05) is 32.7 Å². The van der Waals surface area contributed by atoms with Crippen LogP contribution in [0.15, 0.2) is 42.5 Å². The summed E-state index contributed by atoms with van der Waals surface area (Å²) in [6.07, 6.45) is 0.169. The maximum absolute atomic E-state index is 12.3. The molecule has 27 heavy (non-hydrogen) atoms. The van der Waals surface area contributed by atoms with E-state index in [0.717, 1.165) is 5.56 Å². The monoisotopic (exact) mass is 372 g/mol. The second-order valence-corrected chi connectivity index (χ2v) is 5.67. The Morgan fingerprint density at radius 2 is 1.63 bits per heavy atom. The number of ether oxygens (including phenoxy) is 3. The summed E-state index contributed by atoms with van der Waals surface area (Å²) in [5.74, 6) is 1.46. The number of nitrogens with one attached hydrogen (secondary N) is 2. The number of carbonyl (C=O) groups excluding carboxylic acids is 2. The van der Waals surface area contributed by atoms with E-state index in [1.165, 1.54) is 0 Å². The van der Waals surface area contributed by atoms with Gasteiger partial charge in [-0.25, -0.2) is 0 Å². The molecular weight excluding hydrogens is 348 g/mol. The van der Waals surface area contributed by atoms with Crippen LogP contribution >= 0.6 is 0 Å². The Labute approximate surface area is 158 Å². The number of hydrogen-bond donors (Lipinski definition) is 2. The van der Waals surface area contributed by atoms with Crippen LogP contribution in [0.2, 0.25) is 0 Å². The normalized spacial score (nSPS) is 10.0. The predicted molar refractivity (Wildman–Crippen MR) is 103 cm³/mol. The van der Waals surface area contributed by atoms with Gasteiger partial charge < -0.3 is 24.8 Å². The molecule has 2 N–H and O–H groups in total. The molecule has 144 valence electrons. The Morgan fingerprint density at radius 1 is 0.926 bits per heavy atom. The summed E-state index contributed by atoms with van der Waals surface area (Å²) in [6, 6.07) is 12.2. The molecule has 0 unspecified atom stereocenters. The van der Waals surface area contributed by atoms with E-state index in [4.69, 9.17) is 14.2 Å². The lowest BCUT2D eigenvalue weighted by Crippen LogP contribution is -2.28. The first kappa shape index (κ1) is 20.1. The van der Waals surface area contributed by atoms with E-state index in [-0.39, 0.29) is 24.8 Å². The van der Waals surface area contributed by atoms with Gasteiger partial charge in [-0.1, -0.05) is 6.07 Å².